The van der Waals surface area contributed by atoms with Crippen molar-refractivity contribution < 1.29 is 14.3 Å². The zero-order valence-electron chi connectivity index (χ0n) is 6.14. The first kappa shape index (κ1) is 9.12. The van der Waals surface area contributed by atoms with Crippen molar-refractivity contribution >= 4 is 21.9 Å². The minimum atomic E-state index is -1.29. The second-order valence-electron chi connectivity index (χ2n) is 2.22. The molecular weight excluding hydrogens is 229 g/mol. The molecule has 0 saturated carbocycles. The van der Waals surface area contributed by atoms with E-state index in [2.05, 4.69) is 20.9 Å². The molecule has 12 heavy (non-hydrogen) atoms. The third-order valence-electron chi connectivity index (χ3n) is 1.28. The normalized spacial score (nSPS) is 9.92. The Balaban J connectivity index is 3.37. The van der Waals surface area contributed by atoms with Crippen LogP contribution in [0.1, 0.15) is 16.1 Å². The van der Waals surface area contributed by atoms with Crippen molar-refractivity contribution in [1.82, 2.24) is 4.98 Å². The van der Waals surface area contributed by atoms with Crippen molar-refractivity contribution in [3.63, 3.8) is 0 Å². The predicted molar refractivity (Wildman–Crippen MR) is 43.6 cm³/mol. The standard InChI is InChI=1S/C7H5BrFNO2/c1-3-2-4(7(11)12)5(9)6(8)10-3/h2H,1H3,(H,11,12). The van der Waals surface area contributed by atoms with Crippen molar-refractivity contribution in [3.8, 4) is 0 Å². The molecule has 1 aromatic rings. The second-order valence-corrected chi connectivity index (χ2v) is 2.97. The van der Waals surface area contributed by atoms with Gasteiger partial charge in [-0.3, -0.25) is 0 Å². The molecule has 64 valence electrons. The van der Waals surface area contributed by atoms with Gasteiger partial charge in [-0.25, -0.2) is 14.2 Å². The fourth-order valence-corrected chi connectivity index (χ4v) is 1.27. The smallest absolute Gasteiger partial charge is 0.338 e. The summed E-state index contributed by atoms with van der Waals surface area (Å²) < 4.78 is 12.9. The SMILES string of the molecule is Cc1cc(C(=O)O)c(F)c(Br)n1. The molecule has 0 spiro atoms. The molecule has 1 aromatic heterocycles. The Bertz CT molecular complexity index is 340. The lowest BCUT2D eigenvalue weighted by atomic mass is 10.2. The van der Waals surface area contributed by atoms with Crippen LogP contribution in [-0.4, -0.2) is 16.1 Å². The number of pyridine rings is 1. The highest BCUT2D eigenvalue weighted by Gasteiger charge is 2.14. The van der Waals surface area contributed by atoms with E-state index in [4.69, 9.17) is 5.11 Å². The lowest BCUT2D eigenvalue weighted by Gasteiger charge is -2.00. The van der Waals surface area contributed by atoms with Gasteiger partial charge in [0.15, 0.2) is 5.82 Å². The van der Waals surface area contributed by atoms with Crippen LogP contribution in [0, 0.1) is 12.7 Å². The Morgan fingerprint density at radius 3 is 2.83 bits per heavy atom. The van der Waals surface area contributed by atoms with Crippen LogP contribution in [0.4, 0.5) is 4.39 Å². The van der Waals surface area contributed by atoms with Gasteiger partial charge in [-0.05, 0) is 28.9 Å². The van der Waals surface area contributed by atoms with Crippen LogP contribution in [0.25, 0.3) is 0 Å². The molecule has 0 bridgehead atoms. The lowest BCUT2D eigenvalue weighted by Crippen LogP contribution is -2.03. The molecular formula is C7H5BrFNO2. The summed E-state index contributed by atoms with van der Waals surface area (Å²) in [4.78, 5) is 14.1. The number of carboxylic acid groups (broad SMARTS) is 1. The van der Waals surface area contributed by atoms with Crippen LogP contribution in [0.3, 0.4) is 0 Å². The molecule has 0 aliphatic rings. The van der Waals surface area contributed by atoms with Crippen molar-refractivity contribution in [2.75, 3.05) is 0 Å². The molecule has 0 aliphatic heterocycles. The maximum Gasteiger partial charge on any atom is 0.338 e. The Labute approximate surface area is 76.4 Å². The zero-order chi connectivity index (χ0) is 9.30. The zero-order valence-corrected chi connectivity index (χ0v) is 7.72. The monoisotopic (exact) mass is 233 g/mol. The first-order chi connectivity index (χ1) is 5.52. The van der Waals surface area contributed by atoms with E-state index in [-0.39, 0.29) is 10.2 Å². The first-order valence-electron chi connectivity index (χ1n) is 3.08. The molecule has 1 rings (SSSR count). The molecule has 1 N–H and O–H groups in total. The second kappa shape index (κ2) is 3.18. The molecule has 1 heterocycles. The number of nitrogens with zero attached hydrogens (tertiary/aromatic N) is 1. The van der Waals surface area contributed by atoms with Crippen molar-refractivity contribution in [3.05, 3.63) is 27.7 Å². The Hall–Kier alpha value is -0.970. The summed E-state index contributed by atoms with van der Waals surface area (Å²) in [6, 6.07) is 1.18. The Morgan fingerprint density at radius 1 is 1.75 bits per heavy atom. The maximum absolute atomic E-state index is 12.9. The molecule has 0 aromatic carbocycles. The van der Waals surface area contributed by atoms with Gasteiger partial charge >= 0.3 is 5.97 Å². The van der Waals surface area contributed by atoms with Crippen LogP contribution in [0.15, 0.2) is 10.7 Å². The van der Waals surface area contributed by atoms with Crippen LogP contribution < -0.4 is 0 Å². The van der Waals surface area contributed by atoms with Crippen molar-refractivity contribution in [2.45, 2.75) is 6.92 Å². The van der Waals surface area contributed by atoms with E-state index >= 15 is 0 Å². The van der Waals surface area contributed by atoms with Gasteiger partial charge in [0.25, 0.3) is 0 Å². The third kappa shape index (κ3) is 1.61. The summed E-state index contributed by atoms with van der Waals surface area (Å²) in [5, 5.41) is 8.53. The quantitative estimate of drug-likeness (QED) is 0.756. The number of rotatable bonds is 1. The minimum absolute atomic E-state index is 0.0695. The average Bonchev–Trinajstić information content (AvgIpc) is 1.96. The van der Waals surface area contributed by atoms with E-state index in [9.17, 15) is 9.18 Å². The summed E-state index contributed by atoms with van der Waals surface area (Å²) in [7, 11) is 0. The molecule has 5 heteroatoms. The van der Waals surface area contributed by atoms with Gasteiger partial charge in [-0.2, -0.15) is 0 Å². The first-order valence-corrected chi connectivity index (χ1v) is 3.87. The highest BCUT2D eigenvalue weighted by Crippen LogP contribution is 2.17. The average molecular weight is 234 g/mol. The van der Waals surface area contributed by atoms with E-state index in [1.807, 2.05) is 0 Å². The highest BCUT2D eigenvalue weighted by atomic mass is 79.9. The van der Waals surface area contributed by atoms with Crippen molar-refractivity contribution in [2.24, 2.45) is 0 Å². The van der Waals surface area contributed by atoms with Gasteiger partial charge < -0.3 is 5.11 Å². The third-order valence-corrected chi connectivity index (χ3v) is 1.80. The number of aromatic carboxylic acids is 1. The summed E-state index contributed by atoms with van der Waals surface area (Å²) in [5.41, 5.74) is 0.0926. The summed E-state index contributed by atoms with van der Waals surface area (Å²) in [5.74, 6) is -2.13. The van der Waals surface area contributed by atoms with E-state index in [0.29, 0.717) is 5.69 Å². The van der Waals surface area contributed by atoms with Gasteiger partial charge in [-0.15, -0.1) is 0 Å². The number of carbonyl (C=O) groups is 1. The number of hydrogen-bond donors (Lipinski definition) is 1. The topological polar surface area (TPSA) is 50.2 Å². The molecule has 0 atom stereocenters. The lowest BCUT2D eigenvalue weighted by molar-refractivity contribution is 0.0691. The Morgan fingerprint density at radius 2 is 2.33 bits per heavy atom. The molecule has 0 fully saturated rings. The van der Waals surface area contributed by atoms with Crippen LogP contribution in [0.2, 0.25) is 0 Å². The van der Waals surface area contributed by atoms with Crippen LogP contribution in [0.5, 0.6) is 0 Å². The fourth-order valence-electron chi connectivity index (χ4n) is 0.775. The van der Waals surface area contributed by atoms with Gasteiger partial charge in [0.05, 0.1) is 5.56 Å². The van der Waals surface area contributed by atoms with E-state index in [1.54, 1.807) is 6.92 Å². The van der Waals surface area contributed by atoms with Crippen molar-refractivity contribution in [1.29, 1.82) is 0 Å². The number of aryl methyl sites for hydroxylation is 1. The van der Waals surface area contributed by atoms with Crippen LogP contribution >= 0.6 is 15.9 Å². The molecule has 0 aliphatic carbocycles. The molecule has 0 saturated heterocycles. The molecule has 0 radical (unpaired) electrons. The Kier molecular flexibility index (Phi) is 2.42. The van der Waals surface area contributed by atoms with E-state index in [0.717, 1.165) is 0 Å². The summed E-state index contributed by atoms with van der Waals surface area (Å²) in [6.07, 6.45) is 0. The molecule has 3 nitrogen and oxygen atoms in total. The van der Waals surface area contributed by atoms with Crippen LogP contribution in [-0.2, 0) is 0 Å². The number of halogens is 2. The maximum atomic E-state index is 12.9. The molecule has 0 unspecified atom stereocenters. The minimum Gasteiger partial charge on any atom is -0.478 e. The van der Waals surface area contributed by atoms with E-state index in [1.165, 1.54) is 6.07 Å². The fraction of sp³-hybridized carbons (Fsp3) is 0.143. The number of hydrogen-bond acceptors (Lipinski definition) is 2. The molecule has 0 amide bonds. The summed E-state index contributed by atoms with van der Waals surface area (Å²) in [6.45, 7) is 1.59. The number of carboxylic acids is 1. The predicted octanol–water partition coefficient (Wildman–Crippen LogP) is 1.99. The van der Waals surface area contributed by atoms with Gasteiger partial charge in [0, 0.05) is 5.69 Å². The highest BCUT2D eigenvalue weighted by molar-refractivity contribution is 9.10. The van der Waals surface area contributed by atoms with E-state index < -0.39 is 11.8 Å². The summed E-state index contributed by atoms with van der Waals surface area (Å²) >= 11 is 2.82. The number of aromatic nitrogens is 1. The largest absolute Gasteiger partial charge is 0.478 e. The van der Waals surface area contributed by atoms with Gasteiger partial charge in [-0.1, -0.05) is 0 Å². The van der Waals surface area contributed by atoms with Gasteiger partial charge in [0.1, 0.15) is 4.60 Å². The van der Waals surface area contributed by atoms with Gasteiger partial charge in [0.2, 0.25) is 0 Å².